The molecule has 8 N–H and O–H groups in total. The van der Waals surface area contributed by atoms with Gasteiger partial charge < -0.3 is 22.9 Å². The van der Waals surface area contributed by atoms with E-state index in [1.807, 2.05) is 134 Å². The lowest BCUT2D eigenvalue weighted by atomic mass is 9.96. The summed E-state index contributed by atoms with van der Waals surface area (Å²) in [7, 11) is 0. The Hall–Kier alpha value is -7.18. The Morgan fingerprint density at radius 1 is 0.472 bits per heavy atom. The summed E-state index contributed by atoms with van der Waals surface area (Å²) in [6.45, 7) is 1.99. The lowest BCUT2D eigenvalue weighted by Crippen LogP contribution is -1.98. The quantitative estimate of drug-likeness (QED) is 0.0882. The first-order valence-electron chi connectivity index (χ1n) is 17.4. The summed E-state index contributed by atoms with van der Waals surface area (Å²) in [5, 5.41) is 0. The molecule has 0 aliphatic heterocycles. The van der Waals surface area contributed by atoms with Gasteiger partial charge in [0, 0.05) is 39.4 Å². The minimum absolute atomic E-state index is 0.629. The SMILES string of the molecule is C\C=C/C=C(\C=C\c1cc(N)cc(-c2cccc(N)c2)c1)c1cc(-c2cccc(-c3cc(N)cc(-c4cccc(N)c4)c3)c2)nc(-c2ccccc2)n1. The summed E-state index contributed by atoms with van der Waals surface area (Å²) in [5.41, 5.74) is 39.1. The van der Waals surface area contributed by atoms with Gasteiger partial charge in [0.1, 0.15) is 0 Å². The molecule has 258 valence electrons. The maximum atomic E-state index is 6.44. The summed E-state index contributed by atoms with van der Waals surface area (Å²) >= 11 is 0. The third-order valence-electron chi connectivity index (χ3n) is 8.84. The number of hydrogen-bond donors (Lipinski definition) is 4. The molecule has 0 spiro atoms. The Morgan fingerprint density at radius 3 is 1.64 bits per heavy atom. The number of allylic oxidation sites excluding steroid dienone is 5. The topological polar surface area (TPSA) is 130 Å². The molecule has 7 rings (SSSR count). The molecular formula is C47H40N6. The Balaban J connectivity index is 1.31. The van der Waals surface area contributed by atoms with Crippen LogP contribution >= 0.6 is 0 Å². The van der Waals surface area contributed by atoms with Crippen LogP contribution in [0.1, 0.15) is 18.2 Å². The summed E-state index contributed by atoms with van der Waals surface area (Å²) in [5.74, 6) is 0.629. The van der Waals surface area contributed by atoms with Crippen molar-refractivity contribution in [2.45, 2.75) is 6.92 Å². The molecule has 53 heavy (non-hydrogen) atoms. The van der Waals surface area contributed by atoms with Gasteiger partial charge in [-0.15, -0.1) is 0 Å². The molecule has 1 aromatic heterocycles. The van der Waals surface area contributed by atoms with Gasteiger partial charge in [-0.25, -0.2) is 9.97 Å². The maximum absolute atomic E-state index is 6.44. The minimum atomic E-state index is 0.629. The highest BCUT2D eigenvalue weighted by Gasteiger charge is 2.13. The van der Waals surface area contributed by atoms with Gasteiger partial charge in [0.2, 0.25) is 0 Å². The lowest BCUT2D eigenvalue weighted by molar-refractivity contribution is 1.16. The molecule has 0 atom stereocenters. The average molecular weight is 689 g/mol. The molecule has 0 aliphatic carbocycles. The van der Waals surface area contributed by atoms with Crippen molar-refractivity contribution in [3.8, 4) is 56.0 Å². The van der Waals surface area contributed by atoms with Gasteiger partial charge in [0.25, 0.3) is 0 Å². The van der Waals surface area contributed by atoms with Crippen LogP contribution in [0.4, 0.5) is 22.7 Å². The fourth-order valence-electron chi connectivity index (χ4n) is 6.29. The van der Waals surface area contributed by atoms with Crippen LogP contribution in [0.5, 0.6) is 0 Å². The highest BCUT2D eigenvalue weighted by atomic mass is 14.9. The fourth-order valence-corrected chi connectivity index (χ4v) is 6.29. The molecule has 0 radical (unpaired) electrons. The molecule has 0 saturated carbocycles. The van der Waals surface area contributed by atoms with Crippen LogP contribution in [0.3, 0.4) is 0 Å². The molecule has 6 nitrogen and oxygen atoms in total. The summed E-state index contributed by atoms with van der Waals surface area (Å²) in [4.78, 5) is 10.2. The van der Waals surface area contributed by atoms with E-state index < -0.39 is 0 Å². The van der Waals surface area contributed by atoms with Gasteiger partial charge in [0.15, 0.2) is 5.82 Å². The molecule has 0 unspecified atom stereocenters. The molecule has 0 amide bonds. The molecule has 6 aromatic carbocycles. The van der Waals surface area contributed by atoms with Crippen LogP contribution in [0.2, 0.25) is 0 Å². The number of rotatable bonds is 9. The number of nitrogen functional groups attached to an aromatic ring is 4. The van der Waals surface area contributed by atoms with E-state index in [-0.39, 0.29) is 0 Å². The van der Waals surface area contributed by atoms with E-state index in [2.05, 4.69) is 48.6 Å². The zero-order valence-corrected chi connectivity index (χ0v) is 29.4. The minimum Gasteiger partial charge on any atom is -0.399 e. The zero-order chi connectivity index (χ0) is 36.7. The predicted molar refractivity (Wildman–Crippen MR) is 225 cm³/mol. The van der Waals surface area contributed by atoms with Gasteiger partial charge in [-0.05, 0) is 119 Å². The second kappa shape index (κ2) is 15.4. The van der Waals surface area contributed by atoms with Crippen LogP contribution < -0.4 is 22.9 Å². The number of nitrogens with zero attached hydrogens (tertiary/aromatic N) is 2. The second-order valence-electron chi connectivity index (χ2n) is 12.9. The Bertz CT molecular complexity index is 2510. The van der Waals surface area contributed by atoms with Crippen molar-refractivity contribution >= 4 is 34.4 Å². The predicted octanol–water partition coefficient (Wildman–Crippen LogP) is 10.8. The number of hydrogen-bond acceptors (Lipinski definition) is 6. The van der Waals surface area contributed by atoms with Crippen LogP contribution in [0.25, 0.3) is 67.7 Å². The van der Waals surface area contributed by atoms with Crippen molar-refractivity contribution in [2.75, 3.05) is 22.9 Å². The van der Waals surface area contributed by atoms with E-state index in [9.17, 15) is 0 Å². The van der Waals surface area contributed by atoms with E-state index in [0.29, 0.717) is 28.6 Å². The van der Waals surface area contributed by atoms with E-state index in [0.717, 1.165) is 67.0 Å². The van der Waals surface area contributed by atoms with Gasteiger partial charge in [-0.1, -0.05) is 103 Å². The zero-order valence-electron chi connectivity index (χ0n) is 29.4. The molecule has 1 heterocycles. The summed E-state index contributed by atoms with van der Waals surface area (Å²) in [6.07, 6.45) is 10.2. The Labute approximate surface area is 310 Å². The standard InChI is InChI=1S/C47H40N6/c1-2-3-10-32(20-19-31-21-38(27-43(50)22-31)35-14-8-17-41(48)25-35)45-30-46(53-47(52-45)33-11-5-4-6-12-33)37-16-7-13-34(23-37)39-24-40(29-44(51)28-39)36-15-9-18-42(49)26-36/h2-30H,48-51H2,1H3/b3-2-,20-19+,32-10+. The van der Waals surface area contributed by atoms with Crippen molar-refractivity contribution in [1.29, 1.82) is 0 Å². The number of anilines is 4. The molecule has 0 fully saturated rings. The highest BCUT2D eigenvalue weighted by Crippen LogP contribution is 2.34. The van der Waals surface area contributed by atoms with Gasteiger partial charge >= 0.3 is 0 Å². The Morgan fingerprint density at radius 2 is 1.00 bits per heavy atom. The first kappa shape index (κ1) is 34.3. The van der Waals surface area contributed by atoms with Gasteiger partial charge in [-0.2, -0.15) is 0 Å². The molecule has 0 bridgehead atoms. The molecule has 7 aromatic rings. The first-order valence-corrected chi connectivity index (χ1v) is 17.4. The van der Waals surface area contributed by atoms with E-state index in [4.69, 9.17) is 32.9 Å². The van der Waals surface area contributed by atoms with Crippen molar-refractivity contribution in [2.24, 2.45) is 0 Å². The molecule has 0 saturated heterocycles. The van der Waals surface area contributed by atoms with Crippen molar-refractivity contribution < 1.29 is 0 Å². The van der Waals surface area contributed by atoms with Gasteiger partial charge in [-0.3, -0.25) is 0 Å². The third-order valence-corrected chi connectivity index (χ3v) is 8.84. The normalized spacial score (nSPS) is 11.8. The molecular weight excluding hydrogens is 649 g/mol. The van der Waals surface area contributed by atoms with Crippen molar-refractivity contribution in [1.82, 2.24) is 9.97 Å². The van der Waals surface area contributed by atoms with Crippen LogP contribution in [-0.4, -0.2) is 9.97 Å². The first-order chi connectivity index (χ1) is 25.8. The fraction of sp³-hybridized carbons (Fsp3) is 0.0213. The van der Waals surface area contributed by atoms with Gasteiger partial charge in [0.05, 0.1) is 11.4 Å². The molecule has 0 aliphatic rings. The summed E-state index contributed by atoms with van der Waals surface area (Å²) in [6, 6.07) is 48.2. The van der Waals surface area contributed by atoms with Crippen LogP contribution in [-0.2, 0) is 0 Å². The second-order valence-corrected chi connectivity index (χ2v) is 12.9. The number of benzene rings is 6. The van der Waals surface area contributed by atoms with Crippen molar-refractivity contribution in [3.05, 3.63) is 181 Å². The Kier molecular flexibility index (Phi) is 9.94. The number of nitrogens with two attached hydrogens (primary N) is 4. The average Bonchev–Trinajstić information content (AvgIpc) is 3.18. The summed E-state index contributed by atoms with van der Waals surface area (Å²) < 4.78 is 0. The third kappa shape index (κ3) is 8.25. The smallest absolute Gasteiger partial charge is 0.160 e. The maximum Gasteiger partial charge on any atom is 0.160 e. The lowest BCUT2D eigenvalue weighted by Gasteiger charge is -2.12. The largest absolute Gasteiger partial charge is 0.399 e. The highest BCUT2D eigenvalue weighted by molar-refractivity contribution is 5.84. The van der Waals surface area contributed by atoms with Crippen molar-refractivity contribution in [3.63, 3.8) is 0 Å². The van der Waals surface area contributed by atoms with E-state index >= 15 is 0 Å². The van der Waals surface area contributed by atoms with E-state index in [1.165, 1.54) is 0 Å². The van der Waals surface area contributed by atoms with Crippen LogP contribution in [0, 0.1) is 0 Å². The monoisotopic (exact) mass is 688 g/mol. The van der Waals surface area contributed by atoms with E-state index in [1.54, 1.807) is 0 Å². The number of aromatic nitrogens is 2. The molecule has 6 heteroatoms. The van der Waals surface area contributed by atoms with Crippen LogP contribution in [0.15, 0.2) is 170 Å².